The zero-order chi connectivity index (χ0) is 19.6. The predicted octanol–water partition coefficient (Wildman–Crippen LogP) is 5.93. The summed E-state index contributed by atoms with van der Waals surface area (Å²) in [6, 6.07) is 11.4. The number of amides is 1. The summed E-state index contributed by atoms with van der Waals surface area (Å²) in [7, 11) is 0. The third-order valence-electron chi connectivity index (χ3n) is 4.14. The summed E-state index contributed by atoms with van der Waals surface area (Å²) in [6.45, 7) is 7.15. The van der Waals surface area contributed by atoms with Gasteiger partial charge in [-0.05, 0) is 62.1 Å². The molecule has 2 rings (SSSR count). The lowest BCUT2D eigenvalue weighted by Gasteiger charge is -2.12. The highest BCUT2D eigenvalue weighted by Gasteiger charge is 2.08. The number of benzene rings is 2. The molecule has 0 bridgehead atoms. The quantitative estimate of drug-likeness (QED) is 0.512. The molecule has 1 N–H and O–H groups in total. The largest absolute Gasteiger partial charge is 0.494 e. The zero-order valence-electron chi connectivity index (χ0n) is 16.3. The highest BCUT2D eigenvalue weighted by molar-refractivity contribution is 6.32. The summed E-state index contributed by atoms with van der Waals surface area (Å²) in [5.41, 5.74) is 2.69. The maximum absolute atomic E-state index is 12.2. The van der Waals surface area contributed by atoms with Gasteiger partial charge in [0.25, 0.3) is 0 Å². The fraction of sp³-hybridized carbons (Fsp3) is 0.409. The highest BCUT2D eigenvalue weighted by atomic mass is 35.5. The van der Waals surface area contributed by atoms with Gasteiger partial charge in [-0.15, -0.1) is 0 Å². The second kappa shape index (κ2) is 10.8. The first-order valence-electron chi connectivity index (χ1n) is 9.42. The number of hydrogen-bond acceptors (Lipinski definition) is 3. The summed E-state index contributed by atoms with van der Waals surface area (Å²) in [6.07, 6.45) is 3.07. The average molecular weight is 390 g/mol. The molecule has 1 amide bonds. The lowest BCUT2D eigenvalue weighted by molar-refractivity contribution is -0.116. The Labute approximate surface area is 166 Å². The summed E-state index contributed by atoms with van der Waals surface area (Å²) < 4.78 is 11.5. The van der Waals surface area contributed by atoms with Crippen LogP contribution >= 0.6 is 11.6 Å². The second-order valence-electron chi connectivity index (χ2n) is 6.57. The van der Waals surface area contributed by atoms with Crippen molar-refractivity contribution in [1.82, 2.24) is 0 Å². The van der Waals surface area contributed by atoms with Gasteiger partial charge in [0.05, 0.1) is 18.9 Å². The molecule has 0 aliphatic carbocycles. The molecule has 0 saturated carbocycles. The maximum Gasteiger partial charge on any atom is 0.224 e. The smallest absolute Gasteiger partial charge is 0.224 e. The Morgan fingerprint density at radius 3 is 2.41 bits per heavy atom. The summed E-state index contributed by atoms with van der Waals surface area (Å²) in [5.74, 6) is 1.45. The first-order chi connectivity index (χ1) is 13.0. The lowest BCUT2D eigenvalue weighted by Crippen LogP contribution is -2.14. The molecule has 0 fully saturated rings. The molecule has 0 aliphatic heterocycles. The van der Waals surface area contributed by atoms with Crippen LogP contribution in [0, 0.1) is 13.8 Å². The molecule has 0 heterocycles. The van der Waals surface area contributed by atoms with Crippen LogP contribution < -0.4 is 14.8 Å². The molecule has 2 aromatic carbocycles. The first-order valence-corrected chi connectivity index (χ1v) is 9.80. The molecular weight excluding hydrogens is 362 g/mol. The summed E-state index contributed by atoms with van der Waals surface area (Å²) >= 11 is 6.16. The van der Waals surface area contributed by atoms with E-state index in [2.05, 4.69) is 12.2 Å². The molecule has 0 atom stereocenters. The molecule has 0 spiro atoms. The van der Waals surface area contributed by atoms with Gasteiger partial charge in [0, 0.05) is 11.4 Å². The van der Waals surface area contributed by atoms with E-state index < -0.39 is 0 Å². The molecule has 0 saturated heterocycles. The van der Waals surface area contributed by atoms with Crippen molar-refractivity contribution in [3.63, 3.8) is 0 Å². The molecule has 2 aromatic rings. The van der Waals surface area contributed by atoms with Crippen molar-refractivity contribution in [2.75, 3.05) is 18.5 Å². The predicted molar refractivity (Wildman–Crippen MR) is 111 cm³/mol. The van der Waals surface area contributed by atoms with Crippen molar-refractivity contribution in [2.45, 2.75) is 46.5 Å². The molecule has 5 heteroatoms. The van der Waals surface area contributed by atoms with Gasteiger partial charge in [0.15, 0.2) is 0 Å². The topological polar surface area (TPSA) is 47.6 Å². The Hall–Kier alpha value is -2.20. The van der Waals surface area contributed by atoms with Crippen molar-refractivity contribution in [2.24, 2.45) is 0 Å². The summed E-state index contributed by atoms with van der Waals surface area (Å²) in [5, 5.41) is 3.69. The monoisotopic (exact) mass is 389 g/mol. The van der Waals surface area contributed by atoms with Crippen LogP contribution in [0.15, 0.2) is 36.4 Å². The van der Waals surface area contributed by atoms with E-state index in [1.54, 1.807) is 0 Å². The number of halogens is 1. The normalized spacial score (nSPS) is 10.5. The van der Waals surface area contributed by atoms with Crippen LogP contribution in [0.1, 0.15) is 43.7 Å². The van der Waals surface area contributed by atoms with E-state index >= 15 is 0 Å². The summed E-state index contributed by atoms with van der Waals surface area (Å²) in [4.78, 5) is 12.2. The molecule has 146 valence electrons. The third-order valence-corrected chi connectivity index (χ3v) is 4.74. The van der Waals surface area contributed by atoms with Crippen LogP contribution in [0.3, 0.4) is 0 Å². The number of carbonyl (C=O) groups excluding carboxylic acids is 1. The standard InChI is InChI=1S/C22H28ClNO3/c1-4-5-12-27-20-10-7-6-9-19(20)24-21(25)11-8-13-26-18-14-16(2)22(23)17(3)15-18/h6-7,9-10,14-15H,4-5,8,11-13H2,1-3H3,(H,24,25). The molecule has 0 radical (unpaired) electrons. The Morgan fingerprint density at radius 2 is 1.70 bits per heavy atom. The highest BCUT2D eigenvalue weighted by Crippen LogP contribution is 2.26. The Balaban J connectivity index is 1.78. The van der Waals surface area contributed by atoms with Crippen LogP contribution in [-0.2, 0) is 4.79 Å². The Kier molecular flexibility index (Phi) is 8.46. The molecule has 0 aromatic heterocycles. The van der Waals surface area contributed by atoms with Crippen LogP contribution in [-0.4, -0.2) is 19.1 Å². The third kappa shape index (κ3) is 6.79. The molecular formula is C22H28ClNO3. The number of anilines is 1. The van der Waals surface area contributed by atoms with Crippen LogP contribution in [0.5, 0.6) is 11.5 Å². The van der Waals surface area contributed by atoms with E-state index in [4.69, 9.17) is 21.1 Å². The number of para-hydroxylation sites is 2. The Morgan fingerprint density at radius 1 is 1.04 bits per heavy atom. The zero-order valence-corrected chi connectivity index (χ0v) is 17.1. The van der Waals surface area contributed by atoms with Crippen molar-refractivity contribution >= 4 is 23.2 Å². The number of rotatable bonds is 10. The van der Waals surface area contributed by atoms with Crippen molar-refractivity contribution in [1.29, 1.82) is 0 Å². The van der Waals surface area contributed by atoms with Gasteiger partial charge >= 0.3 is 0 Å². The lowest BCUT2D eigenvalue weighted by atomic mass is 10.1. The van der Waals surface area contributed by atoms with Gasteiger partial charge in [-0.1, -0.05) is 37.1 Å². The SMILES string of the molecule is CCCCOc1ccccc1NC(=O)CCCOc1cc(C)c(Cl)c(C)c1. The van der Waals surface area contributed by atoms with E-state index in [0.29, 0.717) is 37.5 Å². The van der Waals surface area contributed by atoms with Crippen molar-refractivity contribution in [3.05, 3.63) is 52.5 Å². The van der Waals surface area contributed by atoms with Crippen molar-refractivity contribution in [3.8, 4) is 11.5 Å². The molecule has 4 nitrogen and oxygen atoms in total. The number of carbonyl (C=O) groups is 1. The number of nitrogens with one attached hydrogen (secondary N) is 1. The van der Waals surface area contributed by atoms with Gasteiger partial charge in [-0.25, -0.2) is 0 Å². The minimum Gasteiger partial charge on any atom is -0.494 e. The fourth-order valence-corrected chi connectivity index (χ4v) is 2.76. The fourth-order valence-electron chi connectivity index (χ4n) is 2.65. The van der Waals surface area contributed by atoms with E-state index in [1.807, 2.05) is 50.2 Å². The van der Waals surface area contributed by atoms with Gasteiger partial charge in [0.2, 0.25) is 5.91 Å². The van der Waals surface area contributed by atoms with Gasteiger partial charge in [-0.2, -0.15) is 0 Å². The number of aryl methyl sites for hydroxylation is 2. The van der Waals surface area contributed by atoms with Gasteiger partial charge < -0.3 is 14.8 Å². The van der Waals surface area contributed by atoms with Gasteiger partial charge in [0.1, 0.15) is 11.5 Å². The van der Waals surface area contributed by atoms with Crippen LogP contribution in [0.4, 0.5) is 5.69 Å². The minimum absolute atomic E-state index is 0.0476. The molecule has 0 unspecified atom stereocenters. The number of unbranched alkanes of at least 4 members (excludes halogenated alkanes) is 1. The van der Waals surface area contributed by atoms with Crippen LogP contribution in [0.2, 0.25) is 5.02 Å². The average Bonchev–Trinajstić information content (AvgIpc) is 2.65. The molecule has 27 heavy (non-hydrogen) atoms. The van der Waals surface area contributed by atoms with Crippen LogP contribution in [0.25, 0.3) is 0 Å². The van der Waals surface area contributed by atoms with E-state index in [1.165, 1.54) is 0 Å². The number of ether oxygens (including phenoxy) is 2. The molecule has 0 aliphatic rings. The second-order valence-corrected chi connectivity index (χ2v) is 6.95. The minimum atomic E-state index is -0.0476. The van der Waals surface area contributed by atoms with E-state index in [-0.39, 0.29) is 5.91 Å². The van der Waals surface area contributed by atoms with Crippen molar-refractivity contribution < 1.29 is 14.3 Å². The van der Waals surface area contributed by atoms with E-state index in [0.717, 1.165) is 34.7 Å². The first kappa shape index (κ1) is 21.1. The van der Waals surface area contributed by atoms with E-state index in [9.17, 15) is 4.79 Å². The van der Waals surface area contributed by atoms with Gasteiger partial charge in [-0.3, -0.25) is 4.79 Å². The number of hydrogen-bond donors (Lipinski definition) is 1. The Bertz CT molecular complexity index is 738. The maximum atomic E-state index is 12.2.